The van der Waals surface area contributed by atoms with E-state index in [4.69, 9.17) is 9.47 Å². The average molecular weight is 332 g/mol. The number of allylic oxidation sites excluding steroid dienone is 2. The SMILES string of the molecule is COC(=O)C1=C(C(=O)OC)[C@@H](c2ccccc2)[C@H](F)C(=C(C)C)C1. The van der Waals surface area contributed by atoms with Gasteiger partial charge in [-0.05, 0) is 25.0 Å². The molecular formula is C19H21FO4. The molecule has 24 heavy (non-hydrogen) atoms. The highest BCUT2D eigenvalue weighted by molar-refractivity contribution is 6.02. The topological polar surface area (TPSA) is 52.6 Å². The van der Waals surface area contributed by atoms with Crippen molar-refractivity contribution in [1.82, 2.24) is 0 Å². The first-order valence-corrected chi connectivity index (χ1v) is 7.67. The van der Waals surface area contributed by atoms with Crippen LogP contribution in [0.15, 0.2) is 52.6 Å². The van der Waals surface area contributed by atoms with E-state index in [9.17, 15) is 9.59 Å². The van der Waals surface area contributed by atoms with Gasteiger partial charge < -0.3 is 9.47 Å². The summed E-state index contributed by atoms with van der Waals surface area (Å²) in [5.74, 6) is -2.24. The minimum Gasteiger partial charge on any atom is -0.466 e. The van der Waals surface area contributed by atoms with E-state index in [1.54, 1.807) is 38.1 Å². The number of hydrogen-bond donors (Lipinski definition) is 0. The molecule has 1 aromatic rings. The van der Waals surface area contributed by atoms with Gasteiger partial charge in [0.05, 0.1) is 31.3 Å². The Labute approximate surface area is 141 Å². The van der Waals surface area contributed by atoms with Crippen molar-refractivity contribution >= 4 is 11.9 Å². The van der Waals surface area contributed by atoms with E-state index in [2.05, 4.69) is 0 Å². The first-order valence-electron chi connectivity index (χ1n) is 7.67. The van der Waals surface area contributed by atoms with E-state index in [0.717, 1.165) is 5.57 Å². The second-order valence-corrected chi connectivity index (χ2v) is 5.87. The van der Waals surface area contributed by atoms with E-state index in [-0.39, 0.29) is 17.6 Å². The summed E-state index contributed by atoms with van der Waals surface area (Å²) in [4.78, 5) is 24.5. The van der Waals surface area contributed by atoms with Gasteiger partial charge in [0.2, 0.25) is 0 Å². The van der Waals surface area contributed by atoms with E-state index in [0.29, 0.717) is 11.1 Å². The Hall–Kier alpha value is -2.43. The maximum atomic E-state index is 15.3. The molecule has 0 heterocycles. The summed E-state index contributed by atoms with van der Waals surface area (Å²) < 4.78 is 24.9. The monoisotopic (exact) mass is 332 g/mol. The summed E-state index contributed by atoms with van der Waals surface area (Å²) in [6.45, 7) is 3.59. The number of alkyl halides is 1. The summed E-state index contributed by atoms with van der Waals surface area (Å²) >= 11 is 0. The number of ether oxygens (including phenoxy) is 2. The summed E-state index contributed by atoms with van der Waals surface area (Å²) in [5.41, 5.74) is 2.09. The number of hydrogen-bond acceptors (Lipinski definition) is 4. The Morgan fingerprint density at radius 1 is 1.04 bits per heavy atom. The number of methoxy groups -OCH3 is 2. The van der Waals surface area contributed by atoms with Crippen LogP contribution in [0.25, 0.3) is 0 Å². The molecule has 0 aliphatic heterocycles. The molecule has 1 aromatic carbocycles. The maximum absolute atomic E-state index is 15.3. The summed E-state index contributed by atoms with van der Waals surface area (Å²) in [6.07, 6.45) is -1.36. The molecule has 0 aromatic heterocycles. The molecule has 1 aliphatic rings. The highest BCUT2D eigenvalue weighted by Gasteiger charge is 2.42. The lowest BCUT2D eigenvalue weighted by Crippen LogP contribution is -2.32. The Morgan fingerprint density at radius 2 is 1.62 bits per heavy atom. The fourth-order valence-electron chi connectivity index (χ4n) is 3.03. The first-order chi connectivity index (χ1) is 11.4. The summed E-state index contributed by atoms with van der Waals surface area (Å²) in [7, 11) is 2.46. The van der Waals surface area contributed by atoms with Gasteiger partial charge in [0.1, 0.15) is 6.17 Å². The molecule has 0 unspecified atom stereocenters. The van der Waals surface area contributed by atoms with Gasteiger partial charge in [0.25, 0.3) is 0 Å². The molecule has 0 bridgehead atoms. The van der Waals surface area contributed by atoms with Gasteiger partial charge >= 0.3 is 11.9 Å². The third kappa shape index (κ3) is 3.25. The smallest absolute Gasteiger partial charge is 0.335 e. The number of rotatable bonds is 3. The van der Waals surface area contributed by atoms with Crippen molar-refractivity contribution in [1.29, 1.82) is 0 Å². The van der Waals surface area contributed by atoms with Crippen LogP contribution in [0.3, 0.4) is 0 Å². The Balaban J connectivity index is 2.75. The molecule has 2 rings (SSSR count). The van der Waals surface area contributed by atoms with Crippen LogP contribution in [0, 0.1) is 0 Å². The standard InChI is InChI=1S/C19H21FO4/c1-11(2)13-10-14(18(21)23-3)16(19(22)24-4)15(17(13)20)12-8-6-5-7-9-12/h5-9,15,17H,10H2,1-4H3/t15-,17-/m1/s1. The Morgan fingerprint density at radius 3 is 2.12 bits per heavy atom. The molecule has 0 spiro atoms. The maximum Gasteiger partial charge on any atom is 0.335 e. The lowest BCUT2D eigenvalue weighted by Gasteiger charge is -2.32. The van der Waals surface area contributed by atoms with Crippen LogP contribution < -0.4 is 0 Å². The summed E-state index contributed by atoms with van der Waals surface area (Å²) in [6, 6.07) is 8.83. The summed E-state index contributed by atoms with van der Waals surface area (Å²) in [5, 5.41) is 0. The van der Waals surface area contributed by atoms with Crippen molar-refractivity contribution in [3.05, 3.63) is 58.2 Å². The van der Waals surface area contributed by atoms with Crippen LogP contribution in [0.4, 0.5) is 4.39 Å². The number of benzene rings is 1. The zero-order valence-corrected chi connectivity index (χ0v) is 14.3. The highest BCUT2D eigenvalue weighted by Crippen LogP contribution is 2.44. The van der Waals surface area contributed by atoms with Crippen molar-refractivity contribution in [3.8, 4) is 0 Å². The Bertz CT molecular complexity index is 699. The Kier molecular flexibility index (Phi) is 5.54. The van der Waals surface area contributed by atoms with Gasteiger partial charge in [0, 0.05) is 6.42 Å². The molecule has 0 N–H and O–H groups in total. The zero-order chi connectivity index (χ0) is 17.9. The van der Waals surface area contributed by atoms with E-state index < -0.39 is 24.0 Å². The molecule has 1 aliphatic carbocycles. The van der Waals surface area contributed by atoms with Crippen LogP contribution in [-0.4, -0.2) is 32.3 Å². The zero-order valence-electron chi connectivity index (χ0n) is 14.3. The first kappa shape index (κ1) is 17.9. The van der Waals surface area contributed by atoms with E-state index in [1.165, 1.54) is 14.2 Å². The average Bonchev–Trinajstić information content (AvgIpc) is 2.60. The third-order valence-corrected chi connectivity index (χ3v) is 4.27. The lowest BCUT2D eigenvalue weighted by atomic mass is 9.74. The van der Waals surface area contributed by atoms with Crippen molar-refractivity contribution < 1.29 is 23.5 Å². The number of carbonyl (C=O) groups excluding carboxylic acids is 2. The number of halogens is 1. The van der Waals surface area contributed by atoms with Gasteiger partial charge in [0.15, 0.2) is 0 Å². The number of carbonyl (C=O) groups is 2. The van der Waals surface area contributed by atoms with Crippen molar-refractivity contribution in [2.24, 2.45) is 0 Å². The fourth-order valence-corrected chi connectivity index (χ4v) is 3.03. The van der Waals surface area contributed by atoms with Crippen LogP contribution >= 0.6 is 0 Å². The predicted molar refractivity (Wildman–Crippen MR) is 88.1 cm³/mol. The lowest BCUT2D eigenvalue weighted by molar-refractivity contribution is -0.140. The minimum absolute atomic E-state index is 0.0352. The molecule has 0 saturated heterocycles. The van der Waals surface area contributed by atoms with E-state index >= 15 is 4.39 Å². The van der Waals surface area contributed by atoms with Crippen LogP contribution in [0.1, 0.15) is 31.7 Å². The molecule has 4 nitrogen and oxygen atoms in total. The van der Waals surface area contributed by atoms with E-state index in [1.807, 2.05) is 6.07 Å². The van der Waals surface area contributed by atoms with Gasteiger partial charge in [-0.15, -0.1) is 0 Å². The molecule has 0 amide bonds. The molecular weight excluding hydrogens is 311 g/mol. The fraction of sp³-hybridized carbons (Fsp3) is 0.368. The second-order valence-electron chi connectivity index (χ2n) is 5.87. The molecule has 0 fully saturated rings. The van der Waals surface area contributed by atoms with Gasteiger partial charge in [-0.3, -0.25) is 0 Å². The molecule has 128 valence electrons. The van der Waals surface area contributed by atoms with Crippen molar-refractivity contribution in [3.63, 3.8) is 0 Å². The quantitative estimate of drug-likeness (QED) is 0.628. The van der Waals surface area contributed by atoms with Crippen molar-refractivity contribution in [2.75, 3.05) is 14.2 Å². The van der Waals surface area contributed by atoms with Crippen LogP contribution in [0.2, 0.25) is 0 Å². The molecule has 5 heteroatoms. The predicted octanol–water partition coefficient (Wildman–Crippen LogP) is 3.49. The highest BCUT2D eigenvalue weighted by atomic mass is 19.1. The van der Waals surface area contributed by atoms with Gasteiger partial charge in [-0.1, -0.05) is 35.9 Å². The molecule has 2 atom stereocenters. The number of esters is 2. The minimum atomic E-state index is -1.40. The van der Waals surface area contributed by atoms with Crippen LogP contribution in [-0.2, 0) is 19.1 Å². The molecule has 0 radical (unpaired) electrons. The van der Waals surface area contributed by atoms with Crippen molar-refractivity contribution in [2.45, 2.75) is 32.4 Å². The third-order valence-electron chi connectivity index (χ3n) is 4.27. The normalized spacial score (nSPS) is 20.6. The second kappa shape index (κ2) is 7.43. The largest absolute Gasteiger partial charge is 0.466 e. The van der Waals surface area contributed by atoms with Crippen LogP contribution in [0.5, 0.6) is 0 Å². The van der Waals surface area contributed by atoms with Gasteiger partial charge in [-0.2, -0.15) is 0 Å². The molecule has 0 saturated carbocycles. The van der Waals surface area contributed by atoms with Gasteiger partial charge in [-0.25, -0.2) is 14.0 Å².